The Bertz CT molecular complexity index is 416. The van der Waals surface area contributed by atoms with Crippen molar-refractivity contribution in [3.8, 4) is 0 Å². The van der Waals surface area contributed by atoms with Crippen molar-refractivity contribution in [3.63, 3.8) is 0 Å². The van der Waals surface area contributed by atoms with Crippen LogP contribution in [-0.4, -0.2) is 18.7 Å². The summed E-state index contributed by atoms with van der Waals surface area (Å²) in [5.41, 5.74) is 6.12. The average Bonchev–Trinajstić information content (AvgIpc) is 2.31. The lowest BCUT2D eigenvalue weighted by Crippen LogP contribution is -2.31. The molecular weight excluding hydrogens is 312 g/mol. The molecule has 0 amide bonds. The van der Waals surface area contributed by atoms with E-state index in [9.17, 15) is 9.18 Å². The molecule has 0 bridgehead atoms. The maximum absolute atomic E-state index is 13.6. The molecule has 0 aliphatic heterocycles. The molecule has 0 saturated carbocycles. The van der Waals surface area contributed by atoms with Gasteiger partial charge in [0, 0.05) is 4.47 Å². The topological polar surface area (TPSA) is 52.3 Å². The maximum Gasteiger partial charge on any atom is 0.342 e. The normalized spacial score (nSPS) is 14.2. The van der Waals surface area contributed by atoms with Crippen LogP contribution in [-0.2, 0) is 9.53 Å². The molecule has 0 saturated heterocycles. The highest BCUT2D eigenvalue weighted by molar-refractivity contribution is 9.10. The van der Waals surface area contributed by atoms with Crippen LogP contribution in [0.5, 0.6) is 0 Å². The van der Waals surface area contributed by atoms with Gasteiger partial charge in [0.1, 0.15) is 0 Å². The Hall–Kier alpha value is -0.650. The fraction of sp³-hybridized carbons (Fsp3) is 0.364. The van der Waals surface area contributed by atoms with Gasteiger partial charge >= 0.3 is 5.97 Å². The van der Waals surface area contributed by atoms with Crippen molar-refractivity contribution < 1.29 is 13.9 Å². The van der Waals surface area contributed by atoms with Crippen molar-refractivity contribution in [2.45, 2.75) is 19.1 Å². The molecule has 0 fully saturated rings. The Kier molecular flexibility index (Phi) is 5.36. The van der Waals surface area contributed by atoms with Crippen molar-refractivity contribution in [3.05, 3.63) is 33.3 Å². The van der Waals surface area contributed by atoms with E-state index in [0.29, 0.717) is 15.1 Å². The van der Waals surface area contributed by atoms with Crippen molar-refractivity contribution >= 4 is 33.5 Å². The fourth-order valence-electron chi connectivity index (χ4n) is 1.26. The minimum Gasteiger partial charge on any atom is -0.464 e. The molecule has 0 heterocycles. The number of nitrogens with two attached hydrogens (primary N) is 1. The molecule has 1 aromatic carbocycles. The molecule has 6 heteroatoms. The molecular formula is C11H12BrClFNO2. The van der Waals surface area contributed by atoms with Crippen LogP contribution in [0.15, 0.2) is 22.7 Å². The number of hydrogen-bond donors (Lipinski definition) is 1. The zero-order valence-electron chi connectivity index (χ0n) is 9.12. The zero-order chi connectivity index (χ0) is 13.0. The number of carbonyl (C=O) groups excluding carboxylic acids is 1. The quantitative estimate of drug-likeness (QED) is 0.866. The number of carbonyl (C=O) groups is 1. The fourth-order valence-corrected chi connectivity index (χ4v) is 1.77. The van der Waals surface area contributed by atoms with Crippen molar-refractivity contribution in [2.24, 2.45) is 5.73 Å². The molecule has 0 aliphatic carbocycles. The van der Waals surface area contributed by atoms with Crippen LogP contribution < -0.4 is 5.73 Å². The van der Waals surface area contributed by atoms with Gasteiger partial charge in [0.05, 0.1) is 17.7 Å². The highest BCUT2D eigenvalue weighted by Crippen LogP contribution is 2.27. The Morgan fingerprint density at radius 1 is 1.65 bits per heavy atom. The van der Waals surface area contributed by atoms with Crippen LogP contribution in [0.2, 0.25) is 5.02 Å². The molecule has 1 rings (SSSR count). The largest absolute Gasteiger partial charge is 0.464 e. The second kappa shape index (κ2) is 6.33. The number of benzene rings is 1. The third-order valence-electron chi connectivity index (χ3n) is 2.16. The van der Waals surface area contributed by atoms with E-state index in [1.54, 1.807) is 25.1 Å². The summed E-state index contributed by atoms with van der Waals surface area (Å²) < 4.78 is 18.8. The molecule has 2 N–H and O–H groups in total. The summed E-state index contributed by atoms with van der Waals surface area (Å²) in [7, 11) is 0. The summed E-state index contributed by atoms with van der Waals surface area (Å²) in [4.78, 5) is 11.2. The SMILES string of the molecule is CCOC(=O)C(F)[C@H](N)c1ccc(Cl)c(Br)c1. The van der Waals surface area contributed by atoms with Gasteiger partial charge in [0.15, 0.2) is 0 Å². The maximum atomic E-state index is 13.6. The molecule has 0 aliphatic rings. The highest BCUT2D eigenvalue weighted by atomic mass is 79.9. The van der Waals surface area contributed by atoms with Crippen LogP contribution >= 0.6 is 27.5 Å². The first kappa shape index (κ1) is 14.4. The summed E-state index contributed by atoms with van der Waals surface area (Å²) in [5, 5.41) is 0.493. The molecule has 94 valence electrons. The van der Waals surface area contributed by atoms with Gasteiger partial charge in [-0.3, -0.25) is 0 Å². The lowest BCUT2D eigenvalue weighted by atomic mass is 10.0. The van der Waals surface area contributed by atoms with Crippen molar-refractivity contribution in [1.82, 2.24) is 0 Å². The van der Waals surface area contributed by atoms with Gasteiger partial charge < -0.3 is 10.5 Å². The second-order valence-electron chi connectivity index (χ2n) is 3.35. The van der Waals surface area contributed by atoms with E-state index in [-0.39, 0.29) is 6.61 Å². The van der Waals surface area contributed by atoms with E-state index in [4.69, 9.17) is 17.3 Å². The summed E-state index contributed by atoms with van der Waals surface area (Å²) in [6.07, 6.45) is -1.89. The van der Waals surface area contributed by atoms with E-state index in [1.165, 1.54) is 0 Å². The van der Waals surface area contributed by atoms with E-state index in [1.807, 2.05) is 0 Å². The molecule has 0 radical (unpaired) electrons. The lowest BCUT2D eigenvalue weighted by molar-refractivity contribution is -0.149. The zero-order valence-corrected chi connectivity index (χ0v) is 11.5. The first-order valence-electron chi connectivity index (χ1n) is 4.98. The minimum atomic E-state index is -1.89. The Balaban J connectivity index is 2.84. The summed E-state index contributed by atoms with van der Waals surface area (Å²) in [6, 6.07) is 3.67. The summed E-state index contributed by atoms with van der Waals surface area (Å²) in [6.45, 7) is 1.73. The number of rotatable bonds is 4. The number of halogens is 3. The predicted octanol–water partition coefficient (Wildman–Crippen LogP) is 3.00. The van der Waals surface area contributed by atoms with Crippen LogP contribution in [0.4, 0.5) is 4.39 Å². The Morgan fingerprint density at radius 2 is 2.29 bits per heavy atom. The van der Waals surface area contributed by atoms with Crippen molar-refractivity contribution in [2.75, 3.05) is 6.61 Å². The van der Waals surface area contributed by atoms with E-state index in [0.717, 1.165) is 0 Å². The van der Waals surface area contributed by atoms with Crippen molar-refractivity contribution in [1.29, 1.82) is 0 Å². The number of alkyl halides is 1. The number of esters is 1. The molecule has 2 atom stereocenters. The third-order valence-corrected chi connectivity index (χ3v) is 3.37. The van der Waals surface area contributed by atoms with Gasteiger partial charge in [-0.15, -0.1) is 0 Å². The smallest absolute Gasteiger partial charge is 0.342 e. The minimum absolute atomic E-state index is 0.121. The van der Waals surface area contributed by atoms with Crippen LogP contribution in [0.3, 0.4) is 0 Å². The average molecular weight is 325 g/mol. The predicted molar refractivity (Wildman–Crippen MR) is 67.6 cm³/mol. The molecule has 0 spiro atoms. The van der Waals surface area contributed by atoms with Gasteiger partial charge in [-0.1, -0.05) is 17.7 Å². The van der Waals surface area contributed by atoms with Crippen LogP contribution in [0.25, 0.3) is 0 Å². The van der Waals surface area contributed by atoms with E-state index < -0.39 is 18.2 Å². The molecule has 17 heavy (non-hydrogen) atoms. The molecule has 1 aromatic rings. The van der Waals surface area contributed by atoms with E-state index in [2.05, 4.69) is 20.7 Å². The third kappa shape index (κ3) is 3.66. The van der Waals surface area contributed by atoms with Gasteiger partial charge in [0.2, 0.25) is 6.17 Å². The molecule has 1 unspecified atom stereocenters. The lowest BCUT2D eigenvalue weighted by Gasteiger charge is -2.16. The second-order valence-corrected chi connectivity index (χ2v) is 4.61. The highest BCUT2D eigenvalue weighted by Gasteiger charge is 2.27. The first-order valence-corrected chi connectivity index (χ1v) is 6.15. The standard InChI is InChI=1S/C11H12BrClFNO2/c1-2-17-11(16)9(14)10(15)6-3-4-8(13)7(12)5-6/h3-5,9-10H,2,15H2,1H3/t9?,10-/m1/s1. The number of hydrogen-bond acceptors (Lipinski definition) is 3. The summed E-state index contributed by atoms with van der Waals surface area (Å²) in [5.74, 6) is -0.953. The van der Waals surface area contributed by atoms with Gasteiger partial charge in [0.25, 0.3) is 0 Å². The molecule has 3 nitrogen and oxygen atoms in total. The van der Waals surface area contributed by atoms with Gasteiger partial charge in [-0.25, -0.2) is 9.18 Å². The summed E-state index contributed by atoms with van der Waals surface area (Å²) >= 11 is 9.01. The molecule has 0 aromatic heterocycles. The number of ether oxygens (including phenoxy) is 1. The monoisotopic (exact) mass is 323 g/mol. The van der Waals surface area contributed by atoms with Crippen LogP contribution in [0.1, 0.15) is 18.5 Å². The van der Waals surface area contributed by atoms with Gasteiger partial charge in [-0.05, 0) is 40.5 Å². The first-order chi connectivity index (χ1) is 7.97. The van der Waals surface area contributed by atoms with Crippen LogP contribution in [0, 0.1) is 0 Å². The van der Waals surface area contributed by atoms with Gasteiger partial charge in [-0.2, -0.15) is 0 Å². The van der Waals surface area contributed by atoms with E-state index >= 15 is 0 Å². The Labute approximate surface area is 112 Å². The Morgan fingerprint density at radius 3 is 2.82 bits per heavy atom.